The predicted molar refractivity (Wildman–Crippen MR) is 71.2 cm³/mol. The Hall–Kier alpha value is -0.280. The summed E-state index contributed by atoms with van der Waals surface area (Å²) in [6.07, 6.45) is -1.51. The Bertz CT molecular complexity index is 424. The molecule has 1 N–H and O–H groups in total. The number of hydrogen-bond donors (Lipinski definition) is 1. The van der Waals surface area contributed by atoms with Gasteiger partial charge in [-0.1, -0.05) is 58.6 Å². The van der Waals surface area contributed by atoms with Crippen molar-refractivity contribution in [1.82, 2.24) is 0 Å². The third kappa shape index (κ3) is 4.14. The Morgan fingerprint density at radius 3 is 2.41 bits per heavy atom. The van der Waals surface area contributed by atoms with Crippen molar-refractivity contribution in [2.45, 2.75) is 30.2 Å². The zero-order valence-electron chi connectivity index (χ0n) is 9.51. The number of aliphatic hydroxyl groups excluding tert-OH is 1. The summed E-state index contributed by atoms with van der Waals surface area (Å²) in [5.41, 5.74) is 2.47. The van der Waals surface area contributed by atoms with Crippen molar-refractivity contribution in [2.24, 2.45) is 0 Å². The van der Waals surface area contributed by atoms with E-state index in [1.807, 2.05) is 26.0 Å². The first-order valence-electron chi connectivity index (χ1n) is 5.07. The van der Waals surface area contributed by atoms with Crippen molar-refractivity contribution in [3.63, 3.8) is 0 Å². The molecule has 0 bridgehead atoms. The molecular weight excluding hydrogens is 282 g/mol. The van der Waals surface area contributed by atoms with Gasteiger partial charge < -0.3 is 5.11 Å². The van der Waals surface area contributed by atoms with Gasteiger partial charge in [-0.3, -0.25) is 4.79 Å². The van der Waals surface area contributed by atoms with Crippen molar-refractivity contribution >= 4 is 40.6 Å². The van der Waals surface area contributed by atoms with E-state index in [0.717, 1.165) is 11.1 Å². The number of carbonyl (C=O) groups excluding carboxylic acids is 1. The second kappa shape index (κ2) is 5.57. The summed E-state index contributed by atoms with van der Waals surface area (Å²) in [7, 11) is 0. The van der Waals surface area contributed by atoms with Crippen LogP contribution in [0.3, 0.4) is 0 Å². The van der Waals surface area contributed by atoms with E-state index in [2.05, 4.69) is 0 Å². The van der Waals surface area contributed by atoms with Gasteiger partial charge in [0.2, 0.25) is 3.79 Å². The molecule has 1 atom stereocenters. The molecule has 1 unspecified atom stereocenters. The van der Waals surface area contributed by atoms with Gasteiger partial charge in [-0.15, -0.1) is 0 Å². The fraction of sp³-hybridized carbons (Fsp3) is 0.417. The molecule has 0 saturated heterocycles. The highest BCUT2D eigenvalue weighted by Gasteiger charge is 2.32. The number of alkyl halides is 3. The fourth-order valence-corrected chi connectivity index (χ4v) is 1.76. The van der Waals surface area contributed by atoms with Crippen LogP contribution in [0.25, 0.3) is 0 Å². The van der Waals surface area contributed by atoms with E-state index in [-0.39, 0.29) is 12.2 Å². The summed E-state index contributed by atoms with van der Waals surface area (Å²) in [4.78, 5) is 11.9. The van der Waals surface area contributed by atoms with Gasteiger partial charge in [0.1, 0.15) is 6.10 Å². The number of Topliss-reactive ketones (excluding diaryl/α,β-unsaturated/α-hetero) is 1. The molecule has 0 aliphatic rings. The average Bonchev–Trinajstić information content (AvgIpc) is 2.15. The van der Waals surface area contributed by atoms with Crippen molar-refractivity contribution in [1.29, 1.82) is 0 Å². The number of carbonyl (C=O) groups is 1. The van der Waals surface area contributed by atoms with E-state index in [1.54, 1.807) is 6.07 Å². The minimum atomic E-state index is -1.84. The smallest absolute Gasteiger partial charge is 0.216 e. The number of hydrogen-bond acceptors (Lipinski definition) is 2. The van der Waals surface area contributed by atoms with Crippen molar-refractivity contribution in [3.8, 4) is 0 Å². The molecule has 1 aromatic rings. The maximum atomic E-state index is 11.9. The Balaban J connectivity index is 2.84. The molecule has 5 heteroatoms. The van der Waals surface area contributed by atoms with Crippen molar-refractivity contribution in [2.75, 3.05) is 0 Å². The molecule has 94 valence electrons. The van der Waals surface area contributed by atoms with E-state index >= 15 is 0 Å². The number of rotatable bonds is 3. The van der Waals surface area contributed by atoms with Crippen LogP contribution in [0, 0.1) is 13.8 Å². The lowest BCUT2D eigenvalue weighted by molar-refractivity contribution is 0.0884. The summed E-state index contributed by atoms with van der Waals surface area (Å²) in [5, 5.41) is 9.55. The highest BCUT2D eigenvalue weighted by Crippen LogP contribution is 2.32. The third-order valence-electron chi connectivity index (χ3n) is 2.44. The molecule has 0 saturated carbocycles. The summed E-state index contributed by atoms with van der Waals surface area (Å²) in [6, 6.07) is 5.45. The average molecular weight is 296 g/mol. The molecule has 2 nitrogen and oxygen atoms in total. The Morgan fingerprint density at radius 1 is 1.35 bits per heavy atom. The Labute approximate surface area is 115 Å². The largest absolute Gasteiger partial charge is 0.388 e. The summed E-state index contributed by atoms with van der Waals surface area (Å²) in [6.45, 7) is 3.78. The van der Waals surface area contributed by atoms with Crippen molar-refractivity contribution < 1.29 is 9.90 Å². The Kier molecular flexibility index (Phi) is 4.85. The van der Waals surface area contributed by atoms with Crippen molar-refractivity contribution in [3.05, 3.63) is 34.9 Å². The van der Waals surface area contributed by atoms with Crippen LogP contribution in [0.4, 0.5) is 0 Å². The van der Waals surface area contributed by atoms with E-state index < -0.39 is 9.90 Å². The molecule has 0 aromatic heterocycles. The first-order chi connectivity index (χ1) is 7.71. The van der Waals surface area contributed by atoms with Crippen LogP contribution in [0.5, 0.6) is 0 Å². The minimum absolute atomic E-state index is 0.208. The van der Waals surface area contributed by atoms with E-state index in [9.17, 15) is 9.90 Å². The number of benzene rings is 1. The van der Waals surface area contributed by atoms with Crippen LogP contribution in [0.2, 0.25) is 0 Å². The standard InChI is InChI=1S/C12H13Cl3O2/c1-7-3-4-9(8(2)5-7)10(16)6-11(17)12(13,14)15/h3-5,11,17H,6H2,1-2H3. The molecule has 1 rings (SSSR count). The SMILES string of the molecule is Cc1ccc(C(=O)CC(O)C(Cl)(Cl)Cl)c(C)c1. The van der Waals surface area contributed by atoms with Gasteiger partial charge >= 0.3 is 0 Å². The van der Waals surface area contributed by atoms with Gasteiger partial charge in [-0.05, 0) is 19.4 Å². The number of halogens is 3. The van der Waals surface area contributed by atoms with E-state index in [0.29, 0.717) is 5.56 Å². The monoisotopic (exact) mass is 294 g/mol. The van der Waals surface area contributed by atoms with Gasteiger partial charge in [-0.2, -0.15) is 0 Å². The van der Waals surface area contributed by atoms with Gasteiger partial charge in [0.15, 0.2) is 5.78 Å². The molecule has 0 aliphatic carbocycles. The molecule has 0 radical (unpaired) electrons. The molecular formula is C12H13Cl3O2. The van der Waals surface area contributed by atoms with Gasteiger partial charge in [-0.25, -0.2) is 0 Å². The maximum absolute atomic E-state index is 11.9. The molecule has 0 amide bonds. The van der Waals surface area contributed by atoms with Crippen LogP contribution in [-0.2, 0) is 0 Å². The second-order valence-electron chi connectivity index (χ2n) is 4.00. The fourth-order valence-electron chi connectivity index (χ4n) is 1.53. The Morgan fingerprint density at radius 2 is 1.94 bits per heavy atom. The molecule has 0 fully saturated rings. The lowest BCUT2D eigenvalue weighted by Gasteiger charge is -2.18. The highest BCUT2D eigenvalue weighted by atomic mass is 35.6. The lowest BCUT2D eigenvalue weighted by atomic mass is 9.99. The van der Waals surface area contributed by atoms with Crippen LogP contribution in [0.1, 0.15) is 27.9 Å². The van der Waals surface area contributed by atoms with Crippen LogP contribution in [0.15, 0.2) is 18.2 Å². The van der Waals surface area contributed by atoms with E-state index in [1.165, 1.54) is 0 Å². The zero-order chi connectivity index (χ0) is 13.2. The quantitative estimate of drug-likeness (QED) is 0.683. The predicted octanol–water partition coefficient (Wildman–Crippen LogP) is 3.61. The van der Waals surface area contributed by atoms with Gasteiger partial charge in [0.25, 0.3) is 0 Å². The van der Waals surface area contributed by atoms with Crippen LogP contribution < -0.4 is 0 Å². The molecule has 17 heavy (non-hydrogen) atoms. The number of ketones is 1. The molecule has 0 aliphatic heterocycles. The molecule has 1 aromatic carbocycles. The van der Waals surface area contributed by atoms with Crippen LogP contribution in [-0.4, -0.2) is 20.8 Å². The van der Waals surface area contributed by atoms with E-state index in [4.69, 9.17) is 34.8 Å². The zero-order valence-corrected chi connectivity index (χ0v) is 11.8. The number of aliphatic hydroxyl groups is 1. The van der Waals surface area contributed by atoms with Gasteiger partial charge in [0.05, 0.1) is 0 Å². The molecule has 0 spiro atoms. The second-order valence-corrected chi connectivity index (χ2v) is 6.37. The third-order valence-corrected chi connectivity index (χ3v) is 3.19. The normalized spacial score (nSPS) is 13.5. The lowest BCUT2D eigenvalue weighted by Crippen LogP contribution is -2.28. The maximum Gasteiger partial charge on any atom is 0.216 e. The first kappa shape index (κ1) is 14.8. The van der Waals surface area contributed by atoms with Crippen LogP contribution >= 0.6 is 34.8 Å². The summed E-state index contributed by atoms with van der Waals surface area (Å²) >= 11 is 16.5. The highest BCUT2D eigenvalue weighted by molar-refractivity contribution is 6.68. The summed E-state index contributed by atoms with van der Waals surface area (Å²) in [5.74, 6) is -0.235. The first-order valence-corrected chi connectivity index (χ1v) is 6.20. The topological polar surface area (TPSA) is 37.3 Å². The summed E-state index contributed by atoms with van der Waals surface area (Å²) < 4.78 is -1.84. The number of aryl methyl sites for hydroxylation is 2. The van der Waals surface area contributed by atoms with Gasteiger partial charge in [0, 0.05) is 12.0 Å². The molecule has 0 heterocycles. The minimum Gasteiger partial charge on any atom is -0.388 e.